The molecule has 0 spiro atoms. The highest BCUT2D eigenvalue weighted by Crippen LogP contribution is 2.31. The predicted octanol–water partition coefficient (Wildman–Crippen LogP) is 4.93. The van der Waals surface area contributed by atoms with Crippen LogP contribution in [0.5, 0.6) is 0 Å². The summed E-state index contributed by atoms with van der Waals surface area (Å²) in [5, 5.41) is 2.97. The summed E-state index contributed by atoms with van der Waals surface area (Å²) >= 11 is 0. The van der Waals surface area contributed by atoms with Gasteiger partial charge in [0.05, 0.1) is 18.7 Å². The monoisotopic (exact) mass is 366 g/mol. The van der Waals surface area contributed by atoms with Crippen LogP contribution in [-0.4, -0.2) is 30.6 Å². The molecule has 0 unspecified atom stereocenters. The van der Waals surface area contributed by atoms with Crippen molar-refractivity contribution >= 4 is 17.7 Å². The molecule has 1 N–H and O–H groups in total. The number of methoxy groups -OCH3 is 1. The van der Waals surface area contributed by atoms with Crippen molar-refractivity contribution < 1.29 is 14.3 Å². The van der Waals surface area contributed by atoms with E-state index in [4.69, 9.17) is 4.74 Å². The maximum atomic E-state index is 13.0. The summed E-state index contributed by atoms with van der Waals surface area (Å²) in [4.78, 5) is 26.4. The highest BCUT2D eigenvalue weighted by atomic mass is 16.5. The Morgan fingerprint density at radius 3 is 2.37 bits per heavy atom. The molecule has 27 heavy (non-hydrogen) atoms. The molecule has 5 heteroatoms. The lowest BCUT2D eigenvalue weighted by molar-refractivity contribution is 0.0600. The minimum Gasteiger partial charge on any atom is -0.465 e. The molecule has 0 saturated carbocycles. The number of benzene rings is 2. The number of aryl methyl sites for hydroxylation is 1. The van der Waals surface area contributed by atoms with Crippen molar-refractivity contribution in [3.8, 4) is 0 Å². The summed E-state index contributed by atoms with van der Waals surface area (Å²) in [6.07, 6.45) is 4.24. The van der Waals surface area contributed by atoms with Crippen LogP contribution in [0.2, 0.25) is 0 Å². The number of ether oxygens (including phenoxy) is 1. The van der Waals surface area contributed by atoms with Gasteiger partial charge in [-0.25, -0.2) is 9.59 Å². The summed E-state index contributed by atoms with van der Waals surface area (Å²) in [7, 11) is 1.35. The van der Waals surface area contributed by atoms with E-state index in [1.54, 1.807) is 24.3 Å². The molecular weight excluding hydrogens is 340 g/mol. The first-order chi connectivity index (χ1) is 13.1. The molecule has 0 aromatic heterocycles. The first-order valence-corrected chi connectivity index (χ1v) is 9.41. The average molecular weight is 366 g/mol. The van der Waals surface area contributed by atoms with E-state index in [1.807, 2.05) is 4.90 Å². The quantitative estimate of drug-likeness (QED) is 0.784. The largest absolute Gasteiger partial charge is 0.465 e. The molecule has 0 radical (unpaired) electrons. The second-order valence-corrected chi connectivity index (χ2v) is 6.97. The maximum Gasteiger partial charge on any atom is 0.337 e. The molecule has 1 aliphatic rings. The molecule has 1 fully saturated rings. The van der Waals surface area contributed by atoms with E-state index in [-0.39, 0.29) is 18.0 Å². The van der Waals surface area contributed by atoms with Crippen LogP contribution in [0.15, 0.2) is 48.5 Å². The summed E-state index contributed by atoms with van der Waals surface area (Å²) in [5.74, 6) is -0.389. The smallest absolute Gasteiger partial charge is 0.337 e. The molecule has 1 aliphatic heterocycles. The van der Waals surface area contributed by atoms with Gasteiger partial charge in [0.1, 0.15) is 0 Å². The van der Waals surface area contributed by atoms with Crippen molar-refractivity contribution in [3.05, 3.63) is 65.2 Å². The summed E-state index contributed by atoms with van der Waals surface area (Å²) < 4.78 is 4.70. The molecule has 2 aromatic carbocycles. The predicted molar refractivity (Wildman–Crippen MR) is 106 cm³/mol. The van der Waals surface area contributed by atoms with Gasteiger partial charge in [-0.15, -0.1) is 0 Å². The average Bonchev–Trinajstić information content (AvgIpc) is 2.95. The Bertz CT molecular complexity index is 784. The van der Waals surface area contributed by atoms with E-state index in [9.17, 15) is 9.59 Å². The number of amides is 2. The van der Waals surface area contributed by atoms with Gasteiger partial charge in [-0.05, 0) is 49.6 Å². The molecule has 2 aromatic rings. The number of esters is 1. The van der Waals surface area contributed by atoms with Crippen LogP contribution < -0.4 is 5.32 Å². The molecule has 3 rings (SSSR count). The molecule has 2 amide bonds. The van der Waals surface area contributed by atoms with Crippen molar-refractivity contribution in [2.75, 3.05) is 19.0 Å². The van der Waals surface area contributed by atoms with E-state index in [2.05, 4.69) is 36.5 Å². The van der Waals surface area contributed by atoms with Gasteiger partial charge >= 0.3 is 12.0 Å². The topological polar surface area (TPSA) is 58.6 Å². The number of urea groups is 1. The van der Waals surface area contributed by atoms with Crippen LogP contribution >= 0.6 is 0 Å². The number of likely N-dealkylation sites (tertiary alicyclic amines) is 1. The van der Waals surface area contributed by atoms with Gasteiger partial charge in [-0.2, -0.15) is 0 Å². The number of anilines is 1. The number of carbonyl (C=O) groups is 2. The highest BCUT2D eigenvalue weighted by molar-refractivity contribution is 5.92. The standard InChI is InChI=1S/C22H26N2O3/c1-16-7-9-17(10-8-16)20-6-4-3-5-15-24(20)22(26)23-19-13-11-18(12-14-19)21(25)27-2/h7-14,20H,3-6,15H2,1-2H3,(H,23,26)/t20-/m0/s1. The Hall–Kier alpha value is -2.82. The van der Waals surface area contributed by atoms with E-state index in [1.165, 1.54) is 18.2 Å². The molecule has 1 atom stereocenters. The SMILES string of the molecule is COC(=O)c1ccc(NC(=O)N2CCCCC[C@H]2c2ccc(C)cc2)cc1. The lowest BCUT2D eigenvalue weighted by Gasteiger charge is -2.30. The van der Waals surface area contributed by atoms with Gasteiger partial charge in [0.25, 0.3) is 0 Å². The minimum absolute atomic E-state index is 0.0856. The van der Waals surface area contributed by atoms with Crippen LogP contribution in [0.25, 0.3) is 0 Å². The molecule has 142 valence electrons. The lowest BCUT2D eigenvalue weighted by atomic mass is 10.00. The number of hydrogen-bond donors (Lipinski definition) is 1. The van der Waals surface area contributed by atoms with Gasteiger partial charge in [0.2, 0.25) is 0 Å². The number of nitrogens with one attached hydrogen (secondary N) is 1. The van der Waals surface area contributed by atoms with Crippen molar-refractivity contribution in [1.82, 2.24) is 4.90 Å². The third-order valence-electron chi connectivity index (χ3n) is 5.03. The maximum absolute atomic E-state index is 13.0. The molecule has 0 aliphatic carbocycles. The minimum atomic E-state index is -0.389. The molecular formula is C22H26N2O3. The number of nitrogens with zero attached hydrogens (tertiary/aromatic N) is 1. The van der Waals surface area contributed by atoms with E-state index in [0.717, 1.165) is 32.2 Å². The fourth-order valence-corrected chi connectivity index (χ4v) is 3.49. The number of hydrogen-bond acceptors (Lipinski definition) is 3. The van der Waals surface area contributed by atoms with Crippen molar-refractivity contribution in [2.45, 2.75) is 38.6 Å². The van der Waals surface area contributed by atoms with Crippen LogP contribution in [0.1, 0.15) is 53.2 Å². The highest BCUT2D eigenvalue weighted by Gasteiger charge is 2.26. The summed E-state index contributed by atoms with van der Waals surface area (Å²) in [6.45, 7) is 2.81. The van der Waals surface area contributed by atoms with Gasteiger partial charge in [-0.3, -0.25) is 0 Å². The molecule has 0 bridgehead atoms. The van der Waals surface area contributed by atoms with E-state index >= 15 is 0 Å². The number of carbonyl (C=O) groups excluding carboxylic acids is 2. The second-order valence-electron chi connectivity index (χ2n) is 6.97. The van der Waals surface area contributed by atoms with Gasteiger partial charge in [0.15, 0.2) is 0 Å². The summed E-state index contributed by atoms with van der Waals surface area (Å²) in [6, 6.07) is 15.2. The second kappa shape index (κ2) is 8.71. The zero-order valence-corrected chi connectivity index (χ0v) is 15.9. The Labute approximate surface area is 160 Å². The van der Waals surface area contributed by atoms with Gasteiger partial charge < -0.3 is 15.0 Å². The first-order valence-electron chi connectivity index (χ1n) is 9.41. The third-order valence-corrected chi connectivity index (χ3v) is 5.03. The Morgan fingerprint density at radius 1 is 1.00 bits per heavy atom. The molecule has 1 saturated heterocycles. The zero-order chi connectivity index (χ0) is 19.2. The van der Waals surface area contributed by atoms with Crippen molar-refractivity contribution in [3.63, 3.8) is 0 Å². The van der Waals surface area contributed by atoms with Crippen LogP contribution in [-0.2, 0) is 4.74 Å². The van der Waals surface area contributed by atoms with Crippen molar-refractivity contribution in [2.24, 2.45) is 0 Å². The molecule has 1 heterocycles. The lowest BCUT2D eigenvalue weighted by Crippen LogP contribution is -2.38. The van der Waals surface area contributed by atoms with Crippen molar-refractivity contribution in [1.29, 1.82) is 0 Å². The normalized spacial score (nSPS) is 17.1. The van der Waals surface area contributed by atoms with Gasteiger partial charge in [0, 0.05) is 12.2 Å². The van der Waals surface area contributed by atoms with Crippen LogP contribution in [0, 0.1) is 6.92 Å². The number of rotatable bonds is 3. The Morgan fingerprint density at radius 2 is 1.70 bits per heavy atom. The van der Waals surface area contributed by atoms with E-state index < -0.39 is 0 Å². The zero-order valence-electron chi connectivity index (χ0n) is 15.9. The van der Waals surface area contributed by atoms with Crippen LogP contribution in [0.3, 0.4) is 0 Å². The Balaban J connectivity index is 1.75. The summed E-state index contributed by atoms with van der Waals surface area (Å²) in [5.41, 5.74) is 3.52. The van der Waals surface area contributed by atoms with E-state index in [0.29, 0.717) is 11.3 Å². The first kappa shape index (κ1) is 19.0. The fourth-order valence-electron chi connectivity index (χ4n) is 3.49. The Kier molecular flexibility index (Phi) is 6.12. The third kappa shape index (κ3) is 4.67. The van der Waals surface area contributed by atoms with Crippen LogP contribution in [0.4, 0.5) is 10.5 Å². The van der Waals surface area contributed by atoms with Gasteiger partial charge in [-0.1, -0.05) is 42.7 Å². The molecule has 5 nitrogen and oxygen atoms in total. The fraction of sp³-hybridized carbons (Fsp3) is 0.364.